The molecule has 0 saturated carbocycles. The molecule has 0 amide bonds. The second kappa shape index (κ2) is 6.78. The Morgan fingerprint density at radius 2 is 1.69 bits per heavy atom. The molecule has 1 aromatic rings. The first-order valence-corrected chi connectivity index (χ1v) is 3.97. The Morgan fingerprint density at radius 3 is 2.06 bits per heavy atom. The summed E-state index contributed by atoms with van der Waals surface area (Å²) in [6.45, 7) is 0. The number of aliphatic carboxylic acids is 1. The molecule has 7 N–H and O–H groups in total. The lowest BCUT2D eigenvalue weighted by Gasteiger charge is -2.14. The molecule has 92 valence electrons. The highest BCUT2D eigenvalue weighted by atomic mass is 16.4. The molecule has 0 aliphatic rings. The summed E-state index contributed by atoms with van der Waals surface area (Å²) in [6, 6.07) is 4.19. The standard InChI is InChI=1S/C9H11NO4.CH4.H2O/c10-7(9(13)14)8(12)5-1-3-6(11)4-2-5;;/h1-4,7-8,11-12H,10H2,(H,13,14);1H4;1H2/t7-,8?;;/m0../s1. The number of aliphatic hydroxyl groups excluding tert-OH is 1. The number of benzene rings is 1. The van der Waals surface area contributed by atoms with Crippen molar-refractivity contribution in [1.29, 1.82) is 0 Å². The van der Waals surface area contributed by atoms with Crippen molar-refractivity contribution in [3.05, 3.63) is 29.8 Å². The number of phenols is 1. The fourth-order valence-electron chi connectivity index (χ4n) is 1.01. The van der Waals surface area contributed by atoms with Crippen molar-refractivity contribution < 1.29 is 25.6 Å². The maximum absolute atomic E-state index is 10.4. The molecule has 16 heavy (non-hydrogen) atoms. The van der Waals surface area contributed by atoms with Crippen LogP contribution in [0.5, 0.6) is 5.75 Å². The van der Waals surface area contributed by atoms with Gasteiger partial charge in [0.25, 0.3) is 0 Å². The van der Waals surface area contributed by atoms with Crippen LogP contribution >= 0.6 is 0 Å². The highest BCUT2D eigenvalue weighted by molar-refractivity contribution is 5.74. The summed E-state index contributed by atoms with van der Waals surface area (Å²) in [5.74, 6) is -1.23. The fourth-order valence-corrected chi connectivity index (χ4v) is 1.01. The Kier molecular flexibility index (Phi) is 7.11. The summed E-state index contributed by atoms with van der Waals surface area (Å²) >= 11 is 0. The maximum atomic E-state index is 10.4. The first-order valence-electron chi connectivity index (χ1n) is 3.97. The molecule has 6 nitrogen and oxygen atoms in total. The lowest BCUT2D eigenvalue weighted by atomic mass is 10.0. The van der Waals surface area contributed by atoms with Crippen LogP contribution in [0.3, 0.4) is 0 Å². The van der Waals surface area contributed by atoms with Crippen LogP contribution in [-0.2, 0) is 4.79 Å². The topological polar surface area (TPSA) is 135 Å². The van der Waals surface area contributed by atoms with Crippen LogP contribution in [0.15, 0.2) is 24.3 Å². The third-order valence-electron chi connectivity index (χ3n) is 1.86. The lowest BCUT2D eigenvalue weighted by molar-refractivity contribution is -0.141. The number of hydrogen-bond donors (Lipinski definition) is 4. The predicted molar refractivity (Wildman–Crippen MR) is 59.0 cm³/mol. The molecular weight excluding hydrogens is 214 g/mol. The van der Waals surface area contributed by atoms with Gasteiger partial charge in [0.2, 0.25) is 0 Å². The summed E-state index contributed by atoms with van der Waals surface area (Å²) in [4.78, 5) is 10.4. The minimum atomic E-state index is -1.36. The fraction of sp³-hybridized carbons (Fsp3) is 0.300. The smallest absolute Gasteiger partial charge is 0.323 e. The highest BCUT2D eigenvalue weighted by Gasteiger charge is 2.23. The minimum absolute atomic E-state index is 0. The van der Waals surface area contributed by atoms with Gasteiger partial charge in [-0.1, -0.05) is 19.6 Å². The van der Waals surface area contributed by atoms with E-state index in [-0.39, 0.29) is 18.7 Å². The highest BCUT2D eigenvalue weighted by Crippen LogP contribution is 2.18. The summed E-state index contributed by atoms with van der Waals surface area (Å²) in [5.41, 5.74) is 5.58. The van der Waals surface area contributed by atoms with E-state index >= 15 is 0 Å². The number of hydrogen-bond acceptors (Lipinski definition) is 4. The molecule has 2 atom stereocenters. The maximum Gasteiger partial charge on any atom is 0.323 e. The van der Waals surface area contributed by atoms with Crippen LogP contribution < -0.4 is 5.73 Å². The van der Waals surface area contributed by atoms with E-state index in [0.717, 1.165) is 0 Å². The van der Waals surface area contributed by atoms with Crippen molar-refractivity contribution in [2.75, 3.05) is 0 Å². The molecule has 0 aromatic heterocycles. The quantitative estimate of drug-likeness (QED) is 0.563. The number of carbonyl (C=O) groups is 1. The number of carboxylic acids is 1. The molecule has 6 heteroatoms. The average Bonchev–Trinajstić information content (AvgIpc) is 2.16. The van der Waals surface area contributed by atoms with Crippen molar-refractivity contribution in [2.24, 2.45) is 5.73 Å². The second-order valence-electron chi connectivity index (χ2n) is 2.90. The molecule has 1 unspecified atom stereocenters. The van der Waals surface area contributed by atoms with Crippen molar-refractivity contribution in [3.63, 3.8) is 0 Å². The zero-order valence-electron chi connectivity index (χ0n) is 7.79. The van der Waals surface area contributed by atoms with Gasteiger partial charge in [-0.2, -0.15) is 0 Å². The van der Waals surface area contributed by atoms with Crippen LogP contribution in [0.2, 0.25) is 0 Å². The van der Waals surface area contributed by atoms with Gasteiger partial charge in [0.05, 0.1) is 0 Å². The molecule has 1 aromatic carbocycles. The Morgan fingerprint density at radius 1 is 1.25 bits per heavy atom. The van der Waals surface area contributed by atoms with Gasteiger partial charge in [-0.15, -0.1) is 0 Å². The number of rotatable bonds is 3. The first kappa shape index (κ1) is 16.8. The summed E-state index contributed by atoms with van der Waals surface area (Å²) in [5, 5.41) is 27.0. The van der Waals surface area contributed by atoms with Crippen LogP contribution in [0.1, 0.15) is 19.1 Å². The average molecular weight is 231 g/mol. The van der Waals surface area contributed by atoms with Gasteiger partial charge < -0.3 is 26.5 Å². The van der Waals surface area contributed by atoms with Gasteiger partial charge in [-0.3, -0.25) is 4.79 Å². The third-order valence-corrected chi connectivity index (χ3v) is 1.86. The Bertz CT molecular complexity index is 324. The Labute approximate surface area is 93.3 Å². The lowest BCUT2D eigenvalue weighted by Crippen LogP contribution is -2.36. The molecule has 0 fully saturated rings. The van der Waals surface area contributed by atoms with Crippen molar-refractivity contribution in [3.8, 4) is 5.75 Å². The van der Waals surface area contributed by atoms with Gasteiger partial charge in [0.1, 0.15) is 17.9 Å². The van der Waals surface area contributed by atoms with Gasteiger partial charge in [-0.05, 0) is 17.7 Å². The summed E-state index contributed by atoms with van der Waals surface area (Å²) in [7, 11) is 0. The van der Waals surface area contributed by atoms with Crippen LogP contribution in [-0.4, -0.2) is 32.8 Å². The second-order valence-corrected chi connectivity index (χ2v) is 2.90. The van der Waals surface area contributed by atoms with Crippen molar-refractivity contribution >= 4 is 5.97 Å². The van der Waals surface area contributed by atoms with E-state index in [2.05, 4.69) is 0 Å². The third kappa shape index (κ3) is 3.85. The molecule has 0 radical (unpaired) electrons. The van der Waals surface area contributed by atoms with E-state index in [1.165, 1.54) is 24.3 Å². The van der Waals surface area contributed by atoms with E-state index in [1.807, 2.05) is 0 Å². The van der Waals surface area contributed by atoms with E-state index in [1.54, 1.807) is 0 Å². The van der Waals surface area contributed by atoms with E-state index in [9.17, 15) is 9.90 Å². The zero-order valence-corrected chi connectivity index (χ0v) is 7.79. The van der Waals surface area contributed by atoms with E-state index in [0.29, 0.717) is 5.56 Å². The molecule has 0 bridgehead atoms. The largest absolute Gasteiger partial charge is 0.508 e. The molecule has 0 aliphatic heterocycles. The molecule has 1 rings (SSSR count). The summed E-state index contributed by atoms with van der Waals surface area (Å²) < 4.78 is 0. The molecule has 0 aliphatic carbocycles. The number of nitrogens with two attached hydrogens (primary N) is 1. The van der Waals surface area contributed by atoms with Crippen LogP contribution in [0, 0.1) is 0 Å². The number of carboxylic acid groups (broad SMARTS) is 1. The van der Waals surface area contributed by atoms with Crippen molar-refractivity contribution in [1.82, 2.24) is 0 Å². The van der Waals surface area contributed by atoms with Gasteiger partial charge in [0.15, 0.2) is 0 Å². The van der Waals surface area contributed by atoms with Crippen molar-refractivity contribution in [2.45, 2.75) is 19.6 Å². The number of aliphatic hydroxyl groups is 1. The van der Waals surface area contributed by atoms with Crippen LogP contribution in [0.4, 0.5) is 0 Å². The minimum Gasteiger partial charge on any atom is -0.508 e. The molecule has 0 spiro atoms. The van der Waals surface area contributed by atoms with E-state index in [4.69, 9.17) is 15.9 Å². The predicted octanol–water partition coefficient (Wildman–Crippen LogP) is -0.351. The van der Waals surface area contributed by atoms with Crippen LogP contribution in [0.25, 0.3) is 0 Å². The van der Waals surface area contributed by atoms with Gasteiger partial charge in [0, 0.05) is 0 Å². The SMILES string of the molecule is C.N[C@H](C(=O)O)C(O)c1ccc(O)cc1.O. The zero-order chi connectivity index (χ0) is 10.7. The van der Waals surface area contributed by atoms with Gasteiger partial charge >= 0.3 is 5.97 Å². The summed E-state index contributed by atoms with van der Waals surface area (Å²) in [6.07, 6.45) is -1.27. The Balaban J connectivity index is 0. The normalized spacial score (nSPS) is 12.9. The number of aromatic hydroxyl groups is 1. The molecule has 0 saturated heterocycles. The van der Waals surface area contributed by atoms with Gasteiger partial charge in [-0.25, -0.2) is 0 Å². The van der Waals surface area contributed by atoms with E-state index < -0.39 is 18.1 Å². The Hall–Kier alpha value is -1.63. The molecule has 0 heterocycles. The first-order chi connectivity index (χ1) is 6.52. The number of phenolic OH excluding ortho intramolecular Hbond substituents is 1. The molecular formula is C10H17NO5. The monoisotopic (exact) mass is 231 g/mol.